The topological polar surface area (TPSA) is 34.9 Å². The molecule has 78 valence electrons. The van der Waals surface area contributed by atoms with Crippen molar-refractivity contribution >= 4 is 5.78 Å². The van der Waals surface area contributed by atoms with Crippen LogP contribution >= 0.6 is 0 Å². The van der Waals surface area contributed by atoms with Gasteiger partial charge in [-0.05, 0) is 26.3 Å². The number of Topliss-reactive ketones (excluding diaryl/α,β-unsaturated/α-hetero) is 1. The SMILES string of the molecule is CCC(=O)CCc1cc(C)nn1CC. The molecule has 0 amide bonds. The first-order valence-electron chi connectivity index (χ1n) is 5.22. The number of carbonyl (C=O) groups is 1. The highest BCUT2D eigenvalue weighted by Gasteiger charge is 2.05. The molecule has 1 aromatic rings. The molecule has 0 unspecified atom stereocenters. The molecule has 0 bridgehead atoms. The summed E-state index contributed by atoms with van der Waals surface area (Å²) in [6.45, 7) is 6.84. The Hall–Kier alpha value is -1.12. The van der Waals surface area contributed by atoms with Gasteiger partial charge in [0.25, 0.3) is 0 Å². The molecule has 0 N–H and O–H groups in total. The highest BCUT2D eigenvalue weighted by atomic mass is 16.1. The maximum Gasteiger partial charge on any atom is 0.133 e. The number of hydrogen-bond acceptors (Lipinski definition) is 2. The van der Waals surface area contributed by atoms with Crippen LogP contribution in [0.4, 0.5) is 0 Å². The van der Waals surface area contributed by atoms with Gasteiger partial charge in [0.15, 0.2) is 0 Å². The van der Waals surface area contributed by atoms with Crippen LogP contribution < -0.4 is 0 Å². The third kappa shape index (κ3) is 2.69. The molecule has 0 spiro atoms. The quantitative estimate of drug-likeness (QED) is 0.719. The van der Waals surface area contributed by atoms with Gasteiger partial charge in [-0.3, -0.25) is 9.48 Å². The lowest BCUT2D eigenvalue weighted by Gasteiger charge is -2.02. The summed E-state index contributed by atoms with van der Waals surface area (Å²) in [6.07, 6.45) is 2.10. The fraction of sp³-hybridized carbons (Fsp3) is 0.636. The number of hydrogen-bond donors (Lipinski definition) is 0. The Morgan fingerprint density at radius 1 is 1.50 bits per heavy atom. The van der Waals surface area contributed by atoms with Crippen molar-refractivity contribution in [1.82, 2.24) is 9.78 Å². The lowest BCUT2D eigenvalue weighted by atomic mass is 10.1. The molecular formula is C11H18N2O. The summed E-state index contributed by atoms with van der Waals surface area (Å²) in [7, 11) is 0. The van der Waals surface area contributed by atoms with Crippen LogP contribution in [0.15, 0.2) is 6.07 Å². The van der Waals surface area contributed by atoms with Crippen LogP contribution in [0.5, 0.6) is 0 Å². The number of aromatic nitrogens is 2. The molecule has 1 aromatic heterocycles. The Labute approximate surface area is 85.1 Å². The van der Waals surface area contributed by atoms with E-state index in [1.165, 1.54) is 5.69 Å². The Kier molecular flexibility index (Phi) is 3.86. The second-order valence-corrected chi connectivity index (χ2v) is 3.49. The van der Waals surface area contributed by atoms with Crippen molar-refractivity contribution in [3.05, 3.63) is 17.5 Å². The van der Waals surface area contributed by atoms with E-state index in [-0.39, 0.29) is 0 Å². The lowest BCUT2D eigenvalue weighted by Crippen LogP contribution is -2.05. The summed E-state index contributed by atoms with van der Waals surface area (Å²) in [6, 6.07) is 2.06. The molecule has 0 radical (unpaired) electrons. The Morgan fingerprint density at radius 2 is 2.21 bits per heavy atom. The summed E-state index contributed by atoms with van der Waals surface area (Å²) in [5.74, 6) is 0.325. The minimum absolute atomic E-state index is 0.325. The number of nitrogens with zero attached hydrogens (tertiary/aromatic N) is 2. The van der Waals surface area contributed by atoms with Crippen LogP contribution in [0, 0.1) is 6.92 Å². The molecule has 3 nitrogen and oxygen atoms in total. The number of rotatable bonds is 5. The fourth-order valence-corrected chi connectivity index (χ4v) is 1.52. The molecule has 0 aromatic carbocycles. The molecule has 0 atom stereocenters. The van der Waals surface area contributed by atoms with Crippen molar-refractivity contribution < 1.29 is 4.79 Å². The van der Waals surface area contributed by atoms with Crippen molar-refractivity contribution in [3.8, 4) is 0 Å². The molecule has 1 heterocycles. The van der Waals surface area contributed by atoms with Crippen LogP contribution in [0.25, 0.3) is 0 Å². The standard InChI is InChI=1S/C11H18N2O/c1-4-11(14)7-6-10-8-9(3)12-13(10)5-2/h8H,4-7H2,1-3H3. The van der Waals surface area contributed by atoms with E-state index in [4.69, 9.17) is 0 Å². The van der Waals surface area contributed by atoms with E-state index >= 15 is 0 Å². The first kappa shape index (κ1) is 11.0. The van der Waals surface area contributed by atoms with E-state index in [0.717, 1.165) is 18.7 Å². The smallest absolute Gasteiger partial charge is 0.133 e. The maximum absolute atomic E-state index is 11.2. The van der Waals surface area contributed by atoms with Crippen LogP contribution in [0.1, 0.15) is 38.1 Å². The molecule has 0 saturated heterocycles. The first-order valence-corrected chi connectivity index (χ1v) is 5.22. The van der Waals surface area contributed by atoms with Gasteiger partial charge in [-0.25, -0.2) is 0 Å². The van der Waals surface area contributed by atoms with Crippen molar-refractivity contribution in [2.45, 2.75) is 46.6 Å². The van der Waals surface area contributed by atoms with E-state index in [1.807, 2.05) is 18.5 Å². The third-order valence-corrected chi connectivity index (χ3v) is 2.34. The van der Waals surface area contributed by atoms with E-state index in [0.29, 0.717) is 18.6 Å². The van der Waals surface area contributed by atoms with Gasteiger partial charge < -0.3 is 0 Å². The molecule has 14 heavy (non-hydrogen) atoms. The van der Waals surface area contributed by atoms with Gasteiger partial charge in [-0.1, -0.05) is 6.92 Å². The molecule has 0 aliphatic carbocycles. The van der Waals surface area contributed by atoms with Crippen LogP contribution in [-0.2, 0) is 17.8 Å². The molecule has 0 aliphatic heterocycles. The zero-order chi connectivity index (χ0) is 10.6. The predicted octanol–water partition coefficient (Wildman–Crippen LogP) is 2.12. The van der Waals surface area contributed by atoms with Gasteiger partial charge in [-0.2, -0.15) is 5.10 Å². The lowest BCUT2D eigenvalue weighted by molar-refractivity contribution is -0.118. The van der Waals surface area contributed by atoms with E-state index in [9.17, 15) is 4.79 Å². The third-order valence-electron chi connectivity index (χ3n) is 2.34. The van der Waals surface area contributed by atoms with Gasteiger partial charge in [0, 0.05) is 25.1 Å². The molecule has 0 aliphatic rings. The molecule has 0 saturated carbocycles. The Morgan fingerprint density at radius 3 is 2.79 bits per heavy atom. The van der Waals surface area contributed by atoms with Crippen molar-refractivity contribution in [1.29, 1.82) is 0 Å². The second-order valence-electron chi connectivity index (χ2n) is 3.49. The van der Waals surface area contributed by atoms with Crippen LogP contribution in [0.3, 0.4) is 0 Å². The van der Waals surface area contributed by atoms with Crippen molar-refractivity contribution in [3.63, 3.8) is 0 Å². The minimum atomic E-state index is 0.325. The van der Waals surface area contributed by atoms with E-state index < -0.39 is 0 Å². The van der Waals surface area contributed by atoms with Gasteiger partial charge in [0.1, 0.15) is 5.78 Å². The second kappa shape index (κ2) is 4.94. The van der Waals surface area contributed by atoms with Crippen molar-refractivity contribution in [2.24, 2.45) is 0 Å². The largest absolute Gasteiger partial charge is 0.300 e. The van der Waals surface area contributed by atoms with E-state index in [1.54, 1.807) is 0 Å². The van der Waals surface area contributed by atoms with Crippen LogP contribution in [-0.4, -0.2) is 15.6 Å². The zero-order valence-corrected chi connectivity index (χ0v) is 9.21. The number of ketones is 1. The molecule has 3 heteroatoms. The van der Waals surface area contributed by atoms with Gasteiger partial charge in [0.2, 0.25) is 0 Å². The summed E-state index contributed by atoms with van der Waals surface area (Å²) >= 11 is 0. The number of carbonyl (C=O) groups excluding carboxylic acids is 1. The summed E-state index contributed by atoms with van der Waals surface area (Å²) < 4.78 is 1.97. The van der Waals surface area contributed by atoms with Crippen LogP contribution in [0.2, 0.25) is 0 Å². The van der Waals surface area contributed by atoms with Crippen molar-refractivity contribution in [2.75, 3.05) is 0 Å². The predicted molar refractivity (Wildman–Crippen MR) is 56.3 cm³/mol. The fourth-order valence-electron chi connectivity index (χ4n) is 1.52. The first-order chi connectivity index (χ1) is 6.67. The Bertz CT molecular complexity index is 315. The summed E-state index contributed by atoms with van der Waals surface area (Å²) in [4.78, 5) is 11.2. The zero-order valence-electron chi connectivity index (χ0n) is 9.21. The summed E-state index contributed by atoms with van der Waals surface area (Å²) in [5.41, 5.74) is 2.21. The van der Waals surface area contributed by atoms with Gasteiger partial charge in [0.05, 0.1) is 5.69 Å². The Balaban J connectivity index is 2.61. The number of aryl methyl sites for hydroxylation is 3. The summed E-state index contributed by atoms with van der Waals surface area (Å²) in [5, 5.41) is 4.34. The minimum Gasteiger partial charge on any atom is -0.300 e. The maximum atomic E-state index is 11.2. The van der Waals surface area contributed by atoms with Gasteiger partial charge >= 0.3 is 0 Å². The monoisotopic (exact) mass is 194 g/mol. The van der Waals surface area contributed by atoms with E-state index in [2.05, 4.69) is 18.1 Å². The molecule has 0 fully saturated rings. The highest BCUT2D eigenvalue weighted by molar-refractivity contribution is 5.78. The van der Waals surface area contributed by atoms with Gasteiger partial charge in [-0.15, -0.1) is 0 Å². The molecule has 1 rings (SSSR count). The highest BCUT2D eigenvalue weighted by Crippen LogP contribution is 2.07. The molecular weight excluding hydrogens is 176 g/mol. The normalized spacial score (nSPS) is 10.5. The average Bonchev–Trinajstić information content (AvgIpc) is 2.55. The average molecular weight is 194 g/mol.